The van der Waals surface area contributed by atoms with Gasteiger partial charge in [0.2, 0.25) is 0 Å². The van der Waals surface area contributed by atoms with Crippen LogP contribution >= 0.6 is 0 Å². The number of rotatable bonds is 7. The third-order valence-electron chi connectivity index (χ3n) is 3.55. The van der Waals surface area contributed by atoms with Crippen molar-refractivity contribution in [2.24, 2.45) is 0 Å². The number of imidazole rings is 1. The molecule has 0 atom stereocenters. The summed E-state index contributed by atoms with van der Waals surface area (Å²) in [5.41, 5.74) is 2.78. The van der Waals surface area contributed by atoms with Gasteiger partial charge >= 0.3 is 5.95 Å². The van der Waals surface area contributed by atoms with Crippen LogP contribution in [0.2, 0.25) is 0 Å². The van der Waals surface area contributed by atoms with E-state index in [4.69, 9.17) is 0 Å². The highest BCUT2D eigenvalue weighted by molar-refractivity contribution is 5.78. The van der Waals surface area contributed by atoms with E-state index in [0.717, 1.165) is 41.7 Å². The molecule has 0 aliphatic carbocycles. The first-order valence-corrected chi connectivity index (χ1v) is 7.46. The van der Waals surface area contributed by atoms with Crippen molar-refractivity contribution in [1.29, 1.82) is 0 Å². The minimum atomic E-state index is -0.521. The number of nitro groups is 1. The second-order valence-corrected chi connectivity index (χ2v) is 5.26. The Morgan fingerprint density at radius 3 is 2.91 bits per heavy atom. The van der Waals surface area contributed by atoms with E-state index >= 15 is 0 Å². The van der Waals surface area contributed by atoms with Gasteiger partial charge in [0.25, 0.3) is 0 Å². The van der Waals surface area contributed by atoms with Crippen molar-refractivity contribution in [3.8, 4) is 0 Å². The van der Waals surface area contributed by atoms with Gasteiger partial charge in [-0.15, -0.1) is 0 Å². The predicted molar refractivity (Wildman–Crippen MR) is 87.0 cm³/mol. The van der Waals surface area contributed by atoms with E-state index in [0.29, 0.717) is 6.54 Å². The van der Waals surface area contributed by atoms with Crippen LogP contribution in [0.15, 0.2) is 42.6 Å². The Morgan fingerprint density at radius 1 is 1.22 bits per heavy atom. The van der Waals surface area contributed by atoms with Gasteiger partial charge in [0.1, 0.15) is 11.9 Å². The Hall–Kier alpha value is -2.80. The van der Waals surface area contributed by atoms with Crippen LogP contribution in [0.25, 0.3) is 10.9 Å². The summed E-state index contributed by atoms with van der Waals surface area (Å²) in [7, 11) is 0. The van der Waals surface area contributed by atoms with Gasteiger partial charge in [-0.3, -0.25) is 4.98 Å². The van der Waals surface area contributed by atoms with Crippen molar-refractivity contribution >= 4 is 16.9 Å². The number of aromatic amines is 1. The number of hydrogen-bond donors (Lipinski definition) is 2. The van der Waals surface area contributed by atoms with Gasteiger partial charge in [0, 0.05) is 18.4 Å². The third-order valence-corrected chi connectivity index (χ3v) is 3.55. The molecule has 2 N–H and O–H groups in total. The Kier molecular flexibility index (Phi) is 4.58. The van der Waals surface area contributed by atoms with Gasteiger partial charge in [0.05, 0.1) is 11.2 Å². The Labute approximate surface area is 132 Å². The number of nitrogens with zero attached hydrogens (tertiary/aromatic N) is 3. The molecule has 0 saturated carbocycles. The summed E-state index contributed by atoms with van der Waals surface area (Å²) in [4.78, 5) is 21.0. The van der Waals surface area contributed by atoms with Crippen LogP contribution in [-0.4, -0.2) is 26.4 Å². The van der Waals surface area contributed by atoms with E-state index in [1.54, 1.807) is 0 Å². The molecule has 0 radical (unpaired) electrons. The molecule has 23 heavy (non-hydrogen) atoms. The molecule has 2 aromatic heterocycles. The number of aromatic nitrogens is 3. The van der Waals surface area contributed by atoms with E-state index in [-0.39, 0.29) is 5.95 Å². The lowest BCUT2D eigenvalue weighted by Gasteiger charge is -2.05. The molecule has 7 heteroatoms. The smallest absolute Gasteiger partial charge is 0.390 e. The summed E-state index contributed by atoms with van der Waals surface area (Å²) < 4.78 is 0. The van der Waals surface area contributed by atoms with Gasteiger partial charge in [-0.25, -0.2) is 4.98 Å². The zero-order valence-corrected chi connectivity index (χ0v) is 12.5. The largest absolute Gasteiger partial charge is 0.432 e. The second-order valence-electron chi connectivity index (χ2n) is 5.26. The fourth-order valence-corrected chi connectivity index (χ4v) is 2.39. The predicted octanol–water partition coefficient (Wildman–Crippen LogP) is 2.59. The normalized spacial score (nSPS) is 11.0. The molecule has 7 nitrogen and oxygen atoms in total. The van der Waals surface area contributed by atoms with E-state index in [1.807, 2.05) is 30.3 Å². The number of H-pyrrole nitrogens is 1. The minimum absolute atomic E-state index is 0.201. The fraction of sp³-hybridized carbons (Fsp3) is 0.250. The molecule has 3 rings (SSSR count). The van der Waals surface area contributed by atoms with Crippen molar-refractivity contribution < 1.29 is 4.92 Å². The number of fused-ring (bicyclic) bond motifs is 1. The Bertz CT molecular complexity index is 815. The Morgan fingerprint density at radius 2 is 2.09 bits per heavy atom. The summed E-state index contributed by atoms with van der Waals surface area (Å²) in [6, 6.07) is 12.1. The second kappa shape index (κ2) is 6.97. The van der Waals surface area contributed by atoms with Crippen molar-refractivity contribution in [3.63, 3.8) is 0 Å². The highest BCUT2D eigenvalue weighted by Crippen LogP contribution is 2.11. The average molecular weight is 311 g/mol. The van der Waals surface area contributed by atoms with Crippen LogP contribution in [0.4, 0.5) is 5.95 Å². The maximum Gasteiger partial charge on any atom is 0.432 e. The maximum absolute atomic E-state index is 10.5. The molecule has 0 saturated heterocycles. The molecule has 0 amide bonds. The highest BCUT2D eigenvalue weighted by atomic mass is 16.6. The quantitative estimate of drug-likeness (QED) is 0.397. The zero-order valence-electron chi connectivity index (χ0n) is 12.5. The van der Waals surface area contributed by atoms with E-state index < -0.39 is 4.92 Å². The van der Waals surface area contributed by atoms with Gasteiger partial charge in [-0.05, 0) is 30.0 Å². The van der Waals surface area contributed by atoms with Crippen molar-refractivity contribution in [3.05, 3.63) is 64.1 Å². The molecule has 0 unspecified atom stereocenters. The Balaban J connectivity index is 1.44. The van der Waals surface area contributed by atoms with Crippen LogP contribution in [0, 0.1) is 10.1 Å². The highest BCUT2D eigenvalue weighted by Gasteiger charge is 2.10. The van der Waals surface area contributed by atoms with Crippen molar-refractivity contribution in [1.82, 2.24) is 20.3 Å². The first-order chi connectivity index (χ1) is 11.2. The monoisotopic (exact) mass is 311 g/mol. The molecular formula is C16H17N5O2. The number of para-hydroxylation sites is 1. The third kappa shape index (κ3) is 3.89. The number of nitrogens with one attached hydrogen (secondary N) is 2. The van der Waals surface area contributed by atoms with Crippen LogP contribution in [-0.2, 0) is 13.0 Å². The summed E-state index contributed by atoms with van der Waals surface area (Å²) in [6.07, 6.45) is 3.11. The summed E-state index contributed by atoms with van der Waals surface area (Å²) in [6.45, 7) is 1.51. The zero-order chi connectivity index (χ0) is 16.1. The molecule has 1 aromatic carbocycles. The topological polar surface area (TPSA) is 96.7 Å². The number of hydrogen-bond acceptors (Lipinski definition) is 5. The van der Waals surface area contributed by atoms with Gasteiger partial charge < -0.3 is 15.4 Å². The van der Waals surface area contributed by atoms with Crippen LogP contribution in [0.3, 0.4) is 0 Å². The number of aryl methyl sites for hydroxylation is 1. The lowest BCUT2D eigenvalue weighted by molar-refractivity contribution is -0.393. The average Bonchev–Trinajstić information content (AvgIpc) is 3.03. The standard InChI is InChI=1S/C16H17N5O2/c22-21(23)16-18-11-13(20-16)5-3-9-17-10-14-8-7-12-4-1-2-6-15(12)19-14/h1-2,4,6-8,11,17H,3,5,9-10H2,(H,18,20). The molecule has 0 bridgehead atoms. The van der Waals surface area contributed by atoms with Gasteiger partial charge in [-0.2, -0.15) is 0 Å². The van der Waals surface area contributed by atoms with E-state index in [2.05, 4.69) is 26.3 Å². The van der Waals surface area contributed by atoms with Gasteiger partial charge in [-0.1, -0.05) is 29.2 Å². The fourth-order valence-electron chi connectivity index (χ4n) is 2.39. The van der Waals surface area contributed by atoms with Crippen LogP contribution in [0.1, 0.15) is 17.8 Å². The first kappa shape index (κ1) is 15.1. The molecule has 3 aromatic rings. The summed E-state index contributed by atoms with van der Waals surface area (Å²) >= 11 is 0. The summed E-state index contributed by atoms with van der Waals surface area (Å²) in [5.74, 6) is -0.201. The summed E-state index contributed by atoms with van der Waals surface area (Å²) in [5, 5.41) is 15.0. The molecule has 0 aliphatic rings. The van der Waals surface area contributed by atoms with E-state index in [1.165, 1.54) is 6.20 Å². The van der Waals surface area contributed by atoms with Crippen LogP contribution in [0.5, 0.6) is 0 Å². The molecule has 118 valence electrons. The lowest BCUT2D eigenvalue weighted by atomic mass is 10.2. The number of benzene rings is 1. The minimum Gasteiger partial charge on any atom is -0.390 e. The first-order valence-electron chi connectivity index (χ1n) is 7.46. The molecule has 0 aliphatic heterocycles. The lowest BCUT2D eigenvalue weighted by Crippen LogP contribution is -2.16. The van der Waals surface area contributed by atoms with Crippen molar-refractivity contribution in [2.45, 2.75) is 19.4 Å². The molecule has 0 spiro atoms. The molecule has 0 fully saturated rings. The van der Waals surface area contributed by atoms with Crippen molar-refractivity contribution in [2.75, 3.05) is 6.54 Å². The molecule has 2 heterocycles. The number of pyridine rings is 1. The SMILES string of the molecule is O=[N+]([O-])c1ncc(CCCNCc2ccc3ccccc3n2)[nH]1. The molecular weight excluding hydrogens is 294 g/mol. The van der Waals surface area contributed by atoms with E-state index in [9.17, 15) is 10.1 Å². The van der Waals surface area contributed by atoms with Gasteiger partial charge in [0.15, 0.2) is 0 Å². The maximum atomic E-state index is 10.5. The van der Waals surface area contributed by atoms with Crippen LogP contribution < -0.4 is 5.32 Å².